The van der Waals surface area contributed by atoms with Gasteiger partial charge in [-0.25, -0.2) is 0 Å². The number of carbonyl (C=O) groups excluding carboxylic acids is 1. The van der Waals surface area contributed by atoms with E-state index in [4.69, 9.17) is 5.11 Å². The fourth-order valence-corrected chi connectivity index (χ4v) is 2.67. The van der Waals surface area contributed by atoms with Gasteiger partial charge in [-0.3, -0.25) is 4.79 Å². The first-order valence-corrected chi connectivity index (χ1v) is 5.76. The zero-order valence-corrected chi connectivity index (χ0v) is 9.38. The van der Waals surface area contributed by atoms with E-state index in [1.165, 1.54) is 0 Å². The zero-order chi connectivity index (χ0) is 10.6. The topological polar surface area (TPSA) is 37.3 Å². The number of rotatable bonds is 4. The molecule has 1 N–H and O–H groups in total. The predicted octanol–water partition coefficient (Wildman–Crippen LogP) is 2.54. The maximum absolute atomic E-state index is 11.6. The minimum atomic E-state index is -0.0412. The lowest BCUT2D eigenvalue weighted by Gasteiger charge is -2.37. The molecule has 0 atom stereocenters. The molecule has 0 aliphatic heterocycles. The van der Waals surface area contributed by atoms with Crippen LogP contribution in [0.1, 0.15) is 52.4 Å². The van der Waals surface area contributed by atoms with Crippen LogP contribution in [0, 0.1) is 11.3 Å². The van der Waals surface area contributed by atoms with Crippen LogP contribution < -0.4 is 0 Å². The van der Waals surface area contributed by atoms with Gasteiger partial charge in [0, 0.05) is 12.0 Å². The maximum Gasteiger partial charge on any atom is 0.135 e. The minimum Gasteiger partial charge on any atom is -0.396 e. The molecule has 2 nitrogen and oxygen atoms in total. The van der Waals surface area contributed by atoms with Gasteiger partial charge in [0.15, 0.2) is 0 Å². The average Bonchev–Trinajstić information content (AvgIpc) is 2.19. The highest BCUT2D eigenvalue weighted by Gasteiger charge is 2.37. The fourth-order valence-electron chi connectivity index (χ4n) is 2.67. The van der Waals surface area contributed by atoms with E-state index in [0.29, 0.717) is 18.3 Å². The molecular formula is C12H22O2. The molecule has 0 aromatic heterocycles. The molecular weight excluding hydrogens is 176 g/mol. The monoisotopic (exact) mass is 198 g/mol. The van der Waals surface area contributed by atoms with Crippen molar-refractivity contribution in [3.8, 4) is 0 Å². The standard InChI is InChI=1S/C12H22O2/c1-3-6-12(10(2)14)7-4-11(9-13)5-8-12/h11,13H,3-9H2,1-2H3. The van der Waals surface area contributed by atoms with E-state index < -0.39 is 0 Å². The summed E-state index contributed by atoms with van der Waals surface area (Å²) in [5.41, 5.74) is -0.0412. The second kappa shape index (κ2) is 4.92. The van der Waals surface area contributed by atoms with Gasteiger partial charge in [0.25, 0.3) is 0 Å². The molecule has 0 aromatic rings. The Morgan fingerprint density at radius 1 is 1.43 bits per heavy atom. The number of ketones is 1. The van der Waals surface area contributed by atoms with Crippen molar-refractivity contribution in [1.29, 1.82) is 0 Å². The van der Waals surface area contributed by atoms with Gasteiger partial charge >= 0.3 is 0 Å². The van der Waals surface area contributed by atoms with Crippen LogP contribution in [0.4, 0.5) is 0 Å². The Balaban J connectivity index is 2.59. The van der Waals surface area contributed by atoms with Crippen LogP contribution >= 0.6 is 0 Å². The maximum atomic E-state index is 11.6. The van der Waals surface area contributed by atoms with Gasteiger partial charge in [-0.2, -0.15) is 0 Å². The van der Waals surface area contributed by atoms with Crippen molar-refractivity contribution in [2.24, 2.45) is 11.3 Å². The number of carbonyl (C=O) groups is 1. The Bertz CT molecular complexity index is 190. The van der Waals surface area contributed by atoms with Crippen molar-refractivity contribution in [2.45, 2.75) is 52.4 Å². The molecule has 1 aliphatic rings. The quantitative estimate of drug-likeness (QED) is 0.753. The molecule has 0 saturated heterocycles. The first kappa shape index (κ1) is 11.7. The number of aliphatic hydroxyl groups is 1. The van der Waals surface area contributed by atoms with Crippen LogP contribution in [0.3, 0.4) is 0 Å². The molecule has 0 bridgehead atoms. The number of Topliss-reactive ketones (excluding diaryl/α,β-unsaturated/α-hetero) is 1. The van der Waals surface area contributed by atoms with Gasteiger partial charge in [-0.05, 0) is 44.9 Å². The number of hydrogen-bond donors (Lipinski definition) is 1. The summed E-state index contributed by atoms with van der Waals surface area (Å²) in [6.45, 7) is 4.16. The Hall–Kier alpha value is -0.370. The molecule has 1 saturated carbocycles. The van der Waals surface area contributed by atoms with Crippen molar-refractivity contribution in [2.75, 3.05) is 6.61 Å². The Morgan fingerprint density at radius 3 is 2.36 bits per heavy atom. The fraction of sp³-hybridized carbons (Fsp3) is 0.917. The molecule has 82 valence electrons. The summed E-state index contributed by atoms with van der Waals surface area (Å²) in [5.74, 6) is 0.801. The predicted molar refractivity (Wildman–Crippen MR) is 57.1 cm³/mol. The van der Waals surface area contributed by atoms with Gasteiger partial charge in [-0.1, -0.05) is 13.3 Å². The third kappa shape index (κ3) is 2.35. The third-order valence-corrected chi connectivity index (χ3v) is 3.80. The Kier molecular flexibility index (Phi) is 4.11. The summed E-state index contributed by atoms with van der Waals surface area (Å²) in [6.07, 6.45) is 6.14. The van der Waals surface area contributed by atoms with Crippen molar-refractivity contribution in [3.63, 3.8) is 0 Å². The molecule has 14 heavy (non-hydrogen) atoms. The molecule has 2 heteroatoms. The molecule has 1 fully saturated rings. The summed E-state index contributed by atoms with van der Waals surface area (Å²) >= 11 is 0. The lowest BCUT2D eigenvalue weighted by Crippen LogP contribution is -2.34. The van der Waals surface area contributed by atoms with Gasteiger partial charge in [0.05, 0.1) is 0 Å². The van der Waals surface area contributed by atoms with Crippen molar-refractivity contribution >= 4 is 5.78 Å². The lowest BCUT2D eigenvalue weighted by molar-refractivity contribution is -0.129. The summed E-state index contributed by atoms with van der Waals surface area (Å²) in [4.78, 5) is 11.6. The van der Waals surface area contributed by atoms with Crippen LogP contribution in [0.2, 0.25) is 0 Å². The molecule has 1 aliphatic carbocycles. The lowest BCUT2D eigenvalue weighted by atomic mass is 9.66. The van der Waals surface area contributed by atoms with Gasteiger partial charge in [0.2, 0.25) is 0 Å². The second-order valence-electron chi connectivity index (χ2n) is 4.71. The second-order valence-corrected chi connectivity index (χ2v) is 4.71. The van der Waals surface area contributed by atoms with E-state index in [1.807, 2.05) is 0 Å². The van der Waals surface area contributed by atoms with E-state index in [0.717, 1.165) is 38.5 Å². The summed E-state index contributed by atoms with van der Waals surface area (Å²) in [7, 11) is 0. The highest BCUT2D eigenvalue weighted by Crippen LogP contribution is 2.42. The molecule has 1 rings (SSSR count). The van der Waals surface area contributed by atoms with Crippen LogP contribution in [-0.4, -0.2) is 17.5 Å². The third-order valence-electron chi connectivity index (χ3n) is 3.80. The largest absolute Gasteiger partial charge is 0.396 e. The van der Waals surface area contributed by atoms with Crippen LogP contribution in [0.5, 0.6) is 0 Å². The first-order valence-electron chi connectivity index (χ1n) is 5.76. The van der Waals surface area contributed by atoms with Crippen molar-refractivity contribution in [1.82, 2.24) is 0 Å². The molecule has 0 heterocycles. The highest BCUT2D eigenvalue weighted by molar-refractivity contribution is 5.82. The highest BCUT2D eigenvalue weighted by atomic mass is 16.3. The first-order chi connectivity index (χ1) is 6.64. The minimum absolute atomic E-state index is 0.0412. The van der Waals surface area contributed by atoms with E-state index >= 15 is 0 Å². The Morgan fingerprint density at radius 2 is 2.00 bits per heavy atom. The number of aliphatic hydroxyl groups excluding tert-OH is 1. The molecule has 0 amide bonds. The van der Waals surface area contributed by atoms with Crippen LogP contribution in [0.25, 0.3) is 0 Å². The molecule has 0 radical (unpaired) electrons. The summed E-state index contributed by atoms with van der Waals surface area (Å²) in [5, 5.41) is 9.04. The molecule has 0 unspecified atom stereocenters. The SMILES string of the molecule is CCCC1(C(C)=O)CCC(CO)CC1. The van der Waals surface area contributed by atoms with Gasteiger partial charge in [-0.15, -0.1) is 0 Å². The zero-order valence-electron chi connectivity index (χ0n) is 9.38. The van der Waals surface area contributed by atoms with E-state index in [9.17, 15) is 4.79 Å². The van der Waals surface area contributed by atoms with E-state index in [1.54, 1.807) is 6.92 Å². The average molecular weight is 198 g/mol. The normalized spacial score (nSPS) is 32.9. The molecule has 0 spiro atoms. The molecule has 0 aromatic carbocycles. The van der Waals surface area contributed by atoms with E-state index in [2.05, 4.69) is 6.92 Å². The summed E-state index contributed by atoms with van der Waals surface area (Å²) in [6, 6.07) is 0. The van der Waals surface area contributed by atoms with E-state index in [-0.39, 0.29) is 5.41 Å². The number of hydrogen-bond acceptors (Lipinski definition) is 2. The van der Waals surface area contributed by atoms with Crippen LogP contribution in [0.15, 0.2) is 0 Å². The Labute approximate surface area is 86.7 Å². The van der Waals surface area contributed by atoms with Crippen molar-refractivity contribution in [3.05, 3.63) is 0 Å². The summed E-state index contributed by atoms with van der Waals surface area (Å²) < 4.78 is 0. The van der Waals surface area contributed by atoms with Gasteiger partial charge in [0.1, 0.15) is 5.78 Å². The van der Waals surface area contributed by atoms with Gasteiger partial charge < -0.3 is 5.11 Å². The van der Waals surface area contributed by atoms with Crippen LogP contribution in [-0.2, 0) is 4.79 Å². The smallest absolute Gasteiger partial charge is 0.135 e. The van der Waals surface area contributed by atoms with Crippen molar-refractivity contribution < 1.29 is 9.90 Å².